The van der Waals surface area contributed by atoms with E-state index >= 15 is 0 Å². The van der Waals surface area contributed by atoms with E-state index in [1.165, 1.54) is 0 Å². The molecular weight excluding hydrogens is 374 g/mol. The van der Waals surface area contributed by atoms with E-state index in [-0.39, 0.29) is 17.9 Å². The molecule has 4 rings (SSSR count). The lowest BCUT2D eigenvalue weighted by Gasteiger charge is -2.18. The molecule has 2 fully saturated rings. The van der Waals surface area contributed by atoms with Gasteiger partial charge in [0.05, 0.1) is 25.1 Å². The zero-order valence-corrected chi connectivity index (χ0v) is 16.7. The number of amides is 1. The highest BCUT2D eigenvalue weighted by Crippen LogP contribution is 2.33. The molecule has 8 heteroatoms. The SMILES string of the molecule is COCCC(=O)N1CCC(Oc2ccccc2-c2nc(C3CCOCC3)no2)C1. The smallest absolute Gasteiger partial charge is 0.261 e. The minimum atomic E-state index is -0.0551. The highest BCUT2D eigenvalue weighted by Gasteiger charge is 2.29. The number of hydrogen-bond donors (Lipinski definition) is 0. The first-order valence-electron chi connectivity index (χ1n) is 10.2. The molecule has 2 aliphatic heterocycles. The van der Waals surface area contributed by atoms with Crippen LogP contribution in [0.15, 0.2) is 28.8 Å². The lowest BCUT2D eigenvalue weighted by molar-refractivity contribution is -0.131. The molecule has 0 saturated carbocycles. The van der Waals surface area contributed by atoms with E-state index in [2.05, 4.69) is 10.1 Å². The van der Waals surface area contributed by atoms with E-state index in [1.54, 1.807) is 7.11 Å². The summed E-state index contributed by atoms with van der Waals surface area (Å²) in [6, 6.07) is 7.68. The van der Waals surface area contributed by atoms with Crippen molar-refractivity contribution in [1.29, 1.82) is 0 Å². The van der Waals surface area contributed by atoms with E-state index in [0.717, 1.165) is 43.9 Å². The molecule has 1 unspecified atom stereocenters. The van der Waals surface area contributed by atoms with E-state index < -0.39 is 0 Å². The lowest BCUT2D eigenvalue weighted by atomic mass is 10.00. The Balaban J connectivity index is 1.43. The second-order valence-electron chi connectivity index (χ2n) is 7.45. The average molecular weight is 401 g/mol. The van der Waals surface area contributed by atoms with Gasteiger partial charge in [0, 0.05) is 39.2 Å². The molecule has 0 radical (unpaired) electrons. The van der Waals surface area contributed by atoms with Gasteiger partial charge in [0.1, 0.15) is 11.9 Å². The summed E-state index contributed by atoms with van der Waals surface area (Å²) in [7, 11) is 1.60. The number of hydrogen-bond acceptors (Lipinski definition) is 7. The first-order valence-corrected chi connectivity index (χ1v) is 10.2. The molecule has 1 aromatic carbocycles. The van der Waals surface area contributed by atoms with Crippen molar-refractivity contribution in [3.63, 3.8) is 0 Å². The molecule has 29 heavy (non-hydrogen) atoms. The van der Waals surface area contributed by atoms with Crippen molar-refractivity contribution in [2.24, 2.45) is 0 Å². The van der Waals surface area contributed by atoms with E-state index in [4.69, 9.17) is 18.7 Å². The van der Waals surface area contributed by atoms with Crippen molar-refractivity contribution < 1.29 is 23.5 Å². The molecule has 0 spiro atoms. The van der Waals surface area contributed by atoms with Crippen molar-refractivity contribution in [3.8, 4) is 17.2 Å². The summed E-state index contributed by atoms with van der Waals surface area (Å²) < 4.78 is 22.2. The number of carbonyl (C=O) groups is 1. The molecule has 0 aliphatic carbocycles. The van der Waals surface area contributed by atoms with Gasteiger partial charge < -0.3 is 23.6 Å². The second-order valence-corrected chi connectivity index (χ2v) is 7.45. The van der Waals surface area contributed by atoms with Gasteiger partial charge in [-0.1, -0.05) is 17.3 Å². The first kappa shape index (κ1) is 19.8. The van der Waals surface area contributed by atoms with Crippen LogP contribution in [0.4, 0.5) is 0 Å². The highest BCUT2D eigenvalue weighted by atomic mass is 16.5. The third kappa shape index (κ3) is 4.76. The molecule has 156 valence electrons. The maximum absolute atomic E-state index is 12.2. The summed E-state index contributed by atoms with van der Waals surface area (Å²) in [5, 5.41) is 4.19. The Bertz CT molecular complexity index is 818. The van der Waals surface area contributed by atoms with Crippen molar-refractivity contribution in [3.05, 3.63) is 30.1 Å². The number of ether oxygens (including phenoxy) is 3. The Labute approximate surface area is 170 Å². The molecule has 1 aromatic heterocycles. The fraction of sp³-hybridized carbons (Fsp3) is 0.571. The third-order valence-corrected chi connectivity index (χ3v) is 5.46. The number of para-hydroxylation sites is 1. The number of benzene rings is 1. The van der Waals surface area contributed by atoms with Crippen LogP contribution in [0.5, 0.6) is 5.75 Å². The normalized spacial score (nSPS) is 20.2. The number of nitrogens with zero attached hydrogens (tertiary/aromatic N) is 3. The number of likely N-dealkylation sites (tertiary alicyclic amines) is 1. The van der Waals surface area contributed by atoms with E-state index in [9.17, 15) is 4.79 Å². The summed E-state index contributed by atoms with van der Waals surface area (Å²) in [5.41, 5.74) is 0.780. The molecule has 0 bridgehead atoms. The first-order chi connectivity index (χ1) is 14.2. The van der Waals surface area contributed by atoms with Crippen LogP contribution >= 0.6 is 0 Å². The average Bonchev–Trinajstić information content (AvgIpc) is 3.43. The van der Waals surface area contributed by atoms with Crippen molar-refractivity contribution in [1.82, 2.24) is 15.0 Å². The van der Waals surface area contributed by atoms with Crippen LogP contribution in [-0.4, -0.2) is 67.1 Å². The van der Waals surface area contributed by atoms with Gasteiger partial charge in [0.25, 0.3) is 5.89 Å². The molecule has 2 aromatic rings. The standard InChI is InChI=1S/C21H27N3O5/c1-26-11-9-19(25)24-10-6-16(14-24)28-18-5-3-2-4-17(18)21-22-20(23-29-21)15-7-12-27-13-8-15/h2-5,15-16H,6-14H2,1H3. The minimum Gasteiger partial charge on any atom is -0.488 e. The van der Waals surface area contributed by atoms with Gasteiger partial charge in [-0.15, -0.1) is 0 Å². The Morgan fingerprint density at radius 2 is 2.07 bits per heavy atom. The lowest BCUT2D eigenvalue weighted by Crippen LogP contribution is -2.31. The fourth-order valence-electron chi connectivity index (χ4n) is 3.79. The molecule has 8 nitrogen and oxygen atoms in total. The molecule has 3 heterocycles. The van der Waals surface area contributed by atoms with Gasteiger partial charge in [-0.3, -0.25) is 4.79 Å². The van der Waals surface area contributed by atoms with Crippen LogP contribution < -0.4 is 4.74 Å². The molecule has 0 N–H and O–H groups in total. The zero-order chi connectivity index (χ0) is 20.1. The summed E-state index contributed by atoms with van der Waals surface area (Å²) in [6.07, 6.45) is 2.96. The Kier molecular flexibility index (Phi) is 6.41. The van der Waals surface area contributed by atoms with Crippen molar-refractivity contribution in [2.75, 3.05) is 40.0 Å². The van der Waals surface area contributed by atoms with Gasteiger partial charge in [0.15, 0.2) is 5.82 Å². The predicted octanol–water partition coefficient (Wildman–Crippen LogP) is 2.65. The van der Waals surface area contributed by atoms with E-state index in [1.807, 2.05) is 29.2 Å². The van der Waals surface area contributed by atoms with E-state index in [0.29, 0.717) is 37.8 Å². The summed E-state index contributed by atoms with van der Waals surface area (Å²) in [5.74, 6) is 2.27. The van der Waals surface area contributed by atoms with Crippen LogP contribution in [0.25, 0.3) is 11.5 Å². The van der Waals surface area contributed by atoms with Crippen LogP contribution in [0.1, 0.15) is 37.4 Å². The Hall–Kier alpha value is -2.45. The van der Waals surface area contributed by atoms with Gasteiger partial charge in [-0.25, -0.2) is 0 Å². The van der Waals surface area contributed by atoms with Crippen LogP contribution in [-0.2, 0) is 14.3 Å². The molecular formula is C21H27N3O5. The second kappa shape index (κ2) is 9.37. The van der Waals surface area contributed by atoms with Crippen LogP contribution in [0, 0.1) is 0 Å². The van der Waals surface area contributed by atoms with Gasteiger partial charge in [-0.05, 0) is 25.0 Å². The zero-order valence-electron chi connectivity index (χ0n) is 16.7. The number of rotatable bonds is 7. The van der Waals surface area contributed by atoms with Gasteiger partial charge >= 0.3 is 0 Å². The maximum atomic E-state index is 12.2. The highest BCUT2D eigenvalue weighted by molar-refractivity contribution is 5.76. The molecule has 2 saturated heterocycles. The van der Waals surface area contributed by atoms with Gasteiger partial charge in [0.2, 0.25) is 5.91 Å². The monoisotopic (exact) mass is 401 g/mol. The largest absolute Gasteiger partial charge is 0.488 e. The minimum absolute atomic E-state index is 0.0551. The predicted molar refractivity (Wildman–Crippen MR) is 105 cm³/mol. The quantitative estimate of drug-likeness (QED) is 0.705. The Morgan fingerprint density at radius 1 is 1.24 bits per heavy atom. The number of methoxy groups -OCH3 is 1. The summed E-state index contributed by atoms with van der Waals surface area (Å²) in [6.45, 7) is 3.18. The van der Waals surface area contributed by atoms with Crippen molar-refractivity contribution >= 4 is 5.91 Å². The topological polar surface area (TPSA) is 86.9 Å². The maximum Gasteiger partial charge on any atom is 0.261 e. The third-order valence-electron chi connectivity index (χ3n) is 5.46. The van der Waals surface area contributed by atoms with Crippen LogP contribution in [0.2, 0.25) is 0 Å². The molecule has 1 amide bonds. The van der Waals surface area contributed by atoms with Crippen LogP contribution in [0.3, 0.4) is 0 Å². The number of aromatic nitrogens is 2. The fourth-order valence-corrected chi connectivity index (χ4v) is 3.79. The molecule has 2 aliphatic rings. The Morgan fingerprint density at radius 3 is 2.90 bits per heavy atom. The number of carbonyl (C=O) groups excluding carboxylic acids is 1. The van der Waals surface area contributed by atoms with Gasteiger partial charge in [-0.2, -0.15) is 4.98 Å². The summed E-state index contributed by atoms with van der Waals surface area (Å²) >= 11 is 0. The van der Waals surface area contributed by atoms with Crippen molar-refractivity contribution in [2.45, 2.75) is 37.7 Å². The molecule has 1 atom stereocenters. The summed E-state index contributed by atoms with van der Waals surface area (Å²) in [4.78, 5) is 18.7.